The number of anilines is 2. The number of halogens is 2. The van der Waals surface area contributed by atoms with Gasteiger partial charge in [0.15, 0.2) is 0 Å². The van der Waals surface area contributed by atoms with Crippen LogP contribution in [-0.2, 0) is 0 Å². The van der Waals surface area contributed by atoms with Gasteiger partial charge in [-0.25, -0.2) is 4.98 Å². The van der Waals surface area contributed by atoms with Gasteiger partial charge < -0.3 is 11.1 Å². The van der Waals surface area contributed by atoms with Crippen molar-refractivity contribution >= 4 is 40.5 Å². The molecule has 1 aromatic carbocycles. The van der Waals surface area contributed by atoms with Crippen LogP contribution in [0.2, 0.25) is 10.0 Å². The predicted molar refractivity (Wildman–Crippen MR) is 73.1 cm³/mol. The van der Waals surface area contributed by atoms with Gasteiger partial charge in [0.2, 0.25) is 0 Å². The summed E-state index contributed by atoms with van der Waals surface area (Å²) >= 11 is 11.5. The fourth-order valence-electron chi connectivity index (χ4n) is 1.34. The van der Waals surface area contributed by atoms with Crippen molar-refractivity contribution in [2.45, 2.75) is 0 Å². The Morgan fingerprint density at radius 1 is 1.17 bits per heavy atom. The molecular weight excluding hydrogens is 273 g/mol. The van der Waals surface area contributed by atoms with Gasteiger partial charge >= 0.3 is 0 Å². The second-order valence-electron chi connectivity index (χ2n) is 3.55. The Morgan fingerprint density at radius 2 is 1.89 bits per heavy atom. The molecule has 0 aliphatic rings. The smallest absolute Gasteiger partial charge is 0.274 e. The van der Waals surface area contributed by atoms with Crippen molar-refractivity contribution in [3.63, 3.8) is 0 Å². The highest BCUT2D eigenvalue weighted by molar-refractivity contribution is 6.31. The van der Waals surface area contributed by atoms with E-state index in [9.17, 15) is 4.79 Å². The lowest BCUT2D eigenvalue weighted by Crippen LogP contribution is -2.14. The molecule has 4 nitrogen and oxygen atoms in total. The number of nitrogen functional groups attached to an aromatic ring is 1. The molecule has 0 saturated carbocycles. The summed E-state index contributed by atoms with van der Waals surface area (Å²) in [7, 11) is 0. The van der Waals surface area contributed by atoms with E-state index in [1.54, 1.807) is 24.3 Å². The quantitative estimate of drug-likeness (QED) is 0.831. The second kappa shape index (κ2) is 5.25. The van der Waals surface area contributed by atoms with Gasteiger partial charge in [-0.2, -0.15) is 0 Å². The minimum Gasteiger partial charge on any atom is -0.397 e. The number of benzene rings is 1. The van der Waals surface area contributed by atoms with Crippen molar-refractivity contribution in [3.05, 3.63) is 52.3 Å². The van der Waals surface area contributed by atoms with Crippen molar-refractivity contribution in [2.24, 2.45) is 0 Å². The number of rotatable bonds is 2. The summed E-state index contributed by atoms with van der Waals surface area (Å²) in [5, 5.41) is 3.62. The fourth-order valence-corrected chi connectivity index (χ4v) is 1.64. The highest BCUT2D eigenvalue weighted by atomic mass is 35.5. The molecule has 2 aromatic rings. The normalized spacial score (nSPS) is 10.1. The molecule has 0 spiro atoms. The van der Waals surface area contributed by atoms with E-state index in [-0.39, 0.29) is 11.6 Å². The van der Waals surface area contributed by atoms with Crippen molar-refractivity contribution in [2.75, 3.05) is 11.1 Å². The zero-order chi connectivity index (χ0) is 13.1. The maximum Gasteiger partial charge on any atom is 0.274 e. The fraction of sp³-hybridized carbons (Fsp3) is 0. The van der Waals surface area contributed by atoms with Gasteiger partial charge in [-0.15, -0.1) is 0 Å². The molecule has 0 aliphatic carbocycles. The average molecular weight is 282 g/mol. The van der Waals surface area contributed by atoms with Crippen molar-refractivity contribution < 1.29 is 4.79 Å². The van der Waals surface area contributed by atoms with Gasteiger partial charge in [-0.1, -0.05) is 23.2 Å². The zero-order valence-electron chi connectivity index (χ0n) is 9.15. The third-order valence-corrected chi connectivity index (χ3v) is 2.68. The molecule has 0 saturated heterocycles. The van der Waals surface area contributed by atoms with Crippen LogP contribution in [0, 0.1) is 0 Å². The van der Waals surface area contributed by atoms with Gasteiger partial charge in [-0.3, -0.25) is 4.79 Å². The standard InChI is InChI=1S/C12H9Cl2N3O/c13-7-1-3-10(9(15)5-7)17-12(18)11-4-2-8(14)6-16-11/h1-6H,15H2,(H,17,18). The van der Waals surface area contributed by atoms with Crippen LogP contribution in [-0.4, -0.2) is 10.9 Å². The molecule has 0 fully saturated rings. The van der Waals surface area contributed by atoms with Crippen molar-refractivity contribution in [3.8, 4) is 0 Å². The van der Waals surface area contributed by atoms with Crippen LogP contribution in [0.4, 0.5) is 11.4 Å². The number of nitrogens with zero attached hydrogens (tertiary/aromatic N) is 1. The number of carbonyl (C=O) groups excluding carboxylic acids is 1. The molecule has 6 heteroatoms. The molecule has 1 aromatic heterocycles. The topological polar surface area (TPSA) is 68.0 Å². The van der Waals surface area contributed by atoms with E-state index < -0.39 is 0 Å². The zero-order valence-corrected chi connectivity index (χ0v) is 10.7. The minimum absolute atomic E-state index is 0.258. The Kier molecular flexibility index (Phi) is 3.69. The van der Waals surface area contributed by atoms with Gasteiger partial charge in [0.1, 0.15) is 5.69 Å². The molecule has 1 amide bonds. The molecule has 3 N–H and O–H groups in total. The summed E-state index contributed by atoms with van der Waals surface area (Å²) in [5.74, 6) is -0.360. The highest BCUT2D eigenvalue weighted by Crippen LogP contribution is 2.23. The largest absolute Gasteiger partial charge is 0.397 e. The maximum absolute atomic E-state index is 11.9. The Bertz CT molecular complexity index is 584. The summed E-state index contributed by atoms with van der Waals surface area (Å²) < 4.78 is 0. The molecule has 0 radical (unpaired) electrons. The van der Waals surface area contributed by atoms with Crippen LogP contribution in [0.1, 0.15) is 10.5 Å². The molecule has 92 valence electrons. The Hall–Kier alpha value is -1.78. The van der Waals surface area contributed by atoms with Gasteiger partial charge in [0, 0.05) is 11.2 Å². The molecule has 0 atom stereocenters. The van der Waals surface area contributed by atoms with E-state index in [1.807, 2.05) is 0 Å². The number of amides is 1. The molecule has 2 rings (SSSR count). The monoisotopic (exact) mass is 281 g/mol. The molecule has 18 heavy (non-hydrogen) atoms. The lowest BCUT2D eigenvalue weighted by molar-refractivity contribution is 0.102. The number of hydrogen-bond acceptors (Lipinski definition) is 3. The Morgan fingerprint density at radius 3 is 2.50 bits per heavy atom. The van der Waals surface area contributed by atoms with E-state index in [4.69, 9.17) is 28.9 Å². The van der Waals surface area contributed by atoms with Crippen LogP contribution < -0.4 is 11.1 Å². The predicted octanol–water partition coefficient (Wildman–Crippen LogP) is 3.22. The third-order valence-electron chi connectivity index (χ3n) is 2.22. The summed E-state index contributed by atoms with van der Waals surface area (Å²) in [4.78, 5) is 15.8. The lowest BCUT2D eigenvalue weighted by atomic mass is 10.2. The second-order valence-corrected chi connectivity index (χ2v) is 4.42. The summed E-state index contributed by atoms with van der Waals surface area (Å²) in [5.41, 5.74) is 6.87. The lowest BCUT2D eigenvalue weighted by Gasteiger charge is -2.07. The Balaban J connectivity index is 2.18. The molecule has 0 aliphatic heterocycles. The molecule has 1 heterocycles. The number of carbonyl (C=O) groups is 1. The first-order valence-electron chi connectivity index (χ1n) is 5.04. The minimum atomic E-state index is -0.360. The van der Waals surface area contributed by atoms with Gasteiger partial charge in [0.05, 0.1) is 16.4 Å². The SMILES string of the molecule is Nc1cc(Cl)ccc1NC(=O)c1ccc(Cl)cn1. The van der Waals surface area contributed by atoms with E-state index in [2.05, 4.69) is 10.3 Å². The van der Waals surface area contributed by atoms with Crippen LogP contribution in [0.5, 0.6) is 0 Å². The summed E-state index contributed by atoms with van der Waals surface area (Å²) in [6.07, 6.45) is 1.40. The number of nitrogens with one attached hydrogen (secondary N) is 1. The van der Waals surface area contributed by atoms with Crippen LogP contribution in [0.15, 0.2) is 36.5 Å². The Labute approximate surface area is 114 Å². The van der Waals surface area contributed by atoms with Crippen molar-refractivity contribution in [1.82, 2.24) is 4.98 Å². The van der Waals surface area contributed by atoms with Crippen LogP contribution >= 0.6 is 23.2 Å². The van der Waals surface area contributed by atoms with Crippen molar-refractivity contribution in [1.29, 1.82) is 0 Å². The third kappa shape index (κ3) is 2.91. The number of nitrogens with two attached hydrogens (primary N) is 1. The molecule has 0 unspecified atom stereocenters. The van der Waals surface area contributed by atoms with E-state index >= 15 is 0 Å². The highest BCUT2D eigenvalue weighted by Gasteiger charge is 2.09. The van der Waals surface area contributed by atoms with E-state index in [0.717, 1.165) is 0 Å². The number of aromatic nitrogens is 1. The summed E-state index contributed by atoms with van der Waals surface area (Å²) in [6.45, 7) is 0. The van der Waals surface area contributed by atoms with Gasteiger partial charge in [0.25, 0.3) is 5.91 Å². The van der Waals surface area contributed by atoms with Gasteiger partial charge in [-0.05, 0) is 30.3 Å². The summed E-state index contributed by atoms with van der Waals surface area (Å²) in [6, 6.07) is 7.96. The first-order chi connectivity index (χ1) is 8.56. The van der Waals surface area contributed by atoms with E-state index in [0.29, 0.717) is 21.4 Å². The van der Waals surface area contributed by atoms with Crippen LogP contribution in [0.25, 0.3) is 0 Å². The molecule has 0 bridgehead atoms. The number of pyridine rings is 1. The number of hydrogen-bond donors (Lipinski definition) is 2. The van der Waals surface area contributed by atoms with E-state index in [1.165, 1.54) is 12.3 Å². The van der Waals surface area contributed by atoms with Crippen LogP contribution in [0.3, 0.4) is 0 Å². The average Bonchev–Trinajstić information content (AvgIpc) is 2.33. The first-order valence-corrected chi connectivity index (χ1v) is 5.80. The first kappa shape index (κ1) is 12.7. The molecular formula is C12H9Cl2N3O. The maximum atomic E-state index is 11.9.